The highest BCUT2D eigenvalue weighted by Crippen LogP contribution is 2.50. The van der Waals surface area contributed by atoms with E-state index in [1.54, 1.807) is 24.3 Å². The molecule has 0 saturated heterocycles. The molecule has 0 fully saturated rings. The van der Waals surface area contributed by atoms with Gasteiger partial charge in [-0.05, 0) is 179 Å². The first-order valence-corrected chi connectivity index (χ1v) is 28.9. The van der Waals surface area contributed by atoms with Crippen LogP contribution in [0.2, 0.25) is 0 Å². The molecular weight excluding hydrogens is 1030 g/mol. The molecule has 0 amide bonds. The second-order valence-corrected chi connectivity index (χ2v) is 25.4. The Morgan fingerprint density at radius 1 is 0.459 bits per heavy atom. The summed E-state index contributed by atoms with van der Waals surface area (Å²) in [5.74, 6) is 1.89. The van der Waals surface area contributed by atoms with Crippen LogP contribution in [0.25, 0.3) is 117 Å². The maximum absolute atomic E-state index is 9.49. The number of para-hydroxylation sites is 2. The minimum Gasteiger partial charge on any atom is -0.458 e. The van der Waals surface area contributed by atoms with Crippen LogP contribution in [0, 0.1) is 20.0 Å². The molecule has 3 aromatic heterocycles. The monoisotopic (exact) mass is 1110 g/mol. The molecule has 10 aromatic carbocycles. The van der Waals surface area contributed by atoms with Gasteiger partial charge in [0.25, 0.3) is 6.33 Å². The minimum absolute atomic E-state index is 0.00667. The molecule has 4 heterocycles. The predicted octanol–water partition coefficient (Wildman–Crippen LogP) is 20.8. The van der Waals surface area contributed by atoms with Crippen molar-refractivity contribution >= 4 is 32.8 Å². The fourth-order valence-electron chi connectivity index (χ4n) is 12.4. The third-order valence-electron chi connectivity index (χ3n) is 16.8. The van der Waals surface area contributed by atoms with Crippen molar-refractivity contribution in [1.82, 2.24) is 14.1 Å². The van der Waals surface area contributed by atoms with Gasteiger partial charge in [-0.3, -0.25) is 13.7 Å². The number of benzene rings is 10. The summed E-state index contributed by atoms with van der Waals surface area (Å²) in [6, 6.07) is 58.4. The highest BCUT2D eigenvalue weighted by Gasteiger charge is 2.30. The van der Waals surface area contributed by atoms with Crippen LogP contribution in [0.15, 0.2) is 224 Å². The Labute approximate surface area is 515 Å². The van der Waals surface area contributed by atoms with Crippen LogP contribution in [0.3, 0.4) is 0 Å². The van der Waals surface area contributed by atoms with Gasteiger partial charge in [-0.2, -0.15) is 0 Å². The van der Waals surface area contributed by atoms with E-state index in [4.69, 9.17) is 22.1 Å². The number of hydrogen-bond donors (Lipinski definition) is 0. The van der Waals surface area contributed by atoms with Crippen LogP contribution in [0.5, 0.6) is 11.5 Å². The Morgan fingerprint density at radius 2 is 1.08 bits per heavy atom. The molecule has 0 radical (unpaired) electrons. The van der Waals surface area contributed by atoms with E-state index in [-0.39, 0.29) is 56.1 Å². The zero-order valence-corrected chi connectivity index (χ0v) is 49.2. The number of rotatable bonds is 7. The van der Waals surface area contributed by atoms with Gasteiger partial charge in [0, 0.05) is 31.3 Å². The van der Waals surface area contributed by atoms with Gasteiger partial charge in [-0.15, -0.1) is 0 Å². The van der Waals surface area contributed by atoms with Crippen molar-refractivity contribution in [1.29, 1.82) is 0 Å². The number of imidazole rings is 1. The van der Waals surface area contributed by atoms with E-state index in [1.165, 1.54) is 18.2 Å². The third-order valence-corrected chi connectivity index (χ3v) is 16.8. The molecule has 0 saturated carbocycles. The first-order chi connectivity index (χ1) is 45.4. The van der Waals surface area contributed by atoms with Crippen molar-refractivity contribution in [3.63, 3.8) is 0 Å². The quantitative estimate of drug-likeness (QED) is 0.118. The van der Waals surface area contributed by atoms with Crippen molar-refractivity contribution in [3.05, 3.63) is 259 Å². The molecule has 0 spiro atoms. The lowest BCUT2D eigenvalue weighted by molar-refractivity contribution is -0.570. The van der Waals surface area contributed by atoms with E-state index in [0.29, 0.717) is 67.3 Å². The third kappa shape index (κ3) is 9.25. The number of fused-ring (bicyclic) bond motifs is 10. The molecular formula is C80H70N4O. The standard InChI is InChI=1S/C80H70N4O/c1-50-23-19-24-51(2)74(50)68-35-22-34-67-66-33-21-32-61(52-25-13-12-14-26-52)75(66)65-31-16-15-29-62(65)69-43-54(53-41-56(79(6,7)8)45-57(42-53)80(9,10)11)44-72-77(69)83(76(67)68)49-82(72)58-27-20-28-59(47-58)85-60-37-38-64-63-30-17-18-36-70(63)84(71(64)48-60)73-46-55(39-40-81-73)78(3,4)5/h12-48H,1-11H3/i1D3,2D3,12D,13D,14D,25D,26D. The molecule has 85 heavy (non-hydrogen) atoms. The zero-order valence-electron chi connectivity index (χ0n) is 60.2. The van der Waals surface area contributed by atoms with Gasteiger partial charge in [-0.1, -0.05) is 220 Å². The average Bonchev–Trinajstić information content (AvgIpc) is 1.49. The van der Waals surface area contributed by atoms with Crippen LogP contribution in [0.4, 0.5) is 0 Å². The predicted molar refractivity (Wildman–Crippen MR) is 354 cm³/mol. The minimum atomic E-state index is -2.80. The van der Waals surface area contributed by atoms with E-state index in [0.717, 1.165) is 61.0 Å². The highest BCUT2D eigenvalue weighted by molar-refractivity contribution is 6.10. The summed E-state index contributed by atoms with van der Waals surface area (Å²) in [5, 5.41) is 2.11. The number of hydrogen-bond acceptors (Lipinski definition) is 2. The van der Waals surface area contributed by atoms with Crippen molar-refractivity contribution in [2.75, 3.05) is 0 Å². The maximum atomic E-state index is 9.49. The van der Waals surface area contributed by atoms with Gasteiger partial charge in [-0.25, -0.2) is 4.98 Å². The fourth-order valence-corrected chi connectivity index (χ4v) is 12.4. The summed E-state index contributed by atoms with van der Waals surface area (Å²) in [6.07, 6.45) is 5.72. The molecule has 0 aliphatic carbocycles. The van der Waals surface area contributed by atoms with Crippen molar-refractivity contribution in [3.8, 4) is 95.5 Å². The largest absolute Gasteiger partial charge is 0.458 e. The molecule has 1 aliphatic heterocycles. The Morgan fingerprint density at radius 3 is 1.82 bits per heavy atom. The number of pyridine rings is 1. The number of aryl methyl sites for hydroxylation is 2. The van der Waals surface area contributed by atoms with E-state index in [9.17, 15) is 2.74 Å². The van der Waals surface area contributed by atoms with Gasteiger partial charge in [0.1, 0.15) is 17.3 Å². The summed E-state index contributed by atoms with van der Waals surface area (Å²) in [7, 11) is 0. The summed E-state index contributed by atoms with van der Waals surface area (Å²) in [5.41, 5.74) is 12.8. The molecule has 1 aliphatic rings. The summed E-state index contributed by atoms with van der Waals surface area (Å²) >= 11 is 0. The molecule has 5 nitrogen and oxygen atoms in total. The smallest absolute Gasteiger partial charge is 0.269 e. The van der Waals surface area contributed by atoms with Crippen LogP contribution in [-0.2, 0) is 16.2 Å². The van der Waals surface area contributed by atoms with E-state index >= 15 is 0 Å². The van der Waals surface area contributed by atoms with E-state index < -0.39 is 31.8 Å². The van der Waals surface area contributed by atoms with Crippen LogP contribution in [-0.4, -0.2) is 14.1 Å². The number of aromatic nitrogens is 4. The molecule has 0 unspecified atom stereocenters. The SMILES string of the molecule is [2H]c1c([2H])c([2H])c(-c2cccc3c2-c2ccccc2-c2cc(-c4cc(C(C)(C)C)cc(C(C)(C)C)c4)cc4c2[n+]([c-]n4-c2cccc(Oc4ccc5c6ccccc6n(-c6cc(C(C)(C)C)ccn6)c5c4)c2)-c2c-3cccc2-c2c(C([2H])([2H])[2H])cccc2C([2H])([2H])[2H])c([2H])c1[2H]. The van der Waals surface area contributed by atoms with Crippen molar-refractivity contribution < 1.29 is 24.4 Å². The molecule has 0 bridgehead atoms. The normalized spacial score (nSPS) is 14.6. The van der Waals surface area contributed by atoms with Gasteiger partial charge in [0.15, 0.2) is 0 Å². The highest BCUT2D eigenvalue weighted by atomic mass is 16.5. The lowest BCUT2D eigenvalue weighted by Gasteiger charge is -2.26. The van der Waals surface area contributed by atoms with Gasteiger partial charge in [0.2, 0.25) is 0 Å². The molecule has 416 valence electrons. The van der Waals surface area contributed by atoms with E-state index in [1.807, 2.05) is 94.2 Å². The maximum Gasteiger partial charge on any atom is 0.269 e. The van der Waals surface area contributed by atoms with Crippen LogP contribution < -0.4 is 9.30 Å². The van der Waals surface area contributed by atoms with Crippen LogP contribution in [0.1, 0.15) is 105 Å². The van der Waals surface area contributed by atoms with Gasteiger partial charge >= 0.3 is 0 Å². The Hall–Kier alpha value is -9.58. The molecule has 5 heteroatoms. The average molecular weight is 1110 g/mol. The van der Waals surface area contributed by atoms with Crippen molar-refractivity contribution in [2.45, 2.75) is 92.3 Å². The fraction of sp³-hybridized carbons (Fsp3) is 0.175. The second-order valence-electron chi connectivity index (χ2n) is 25.4. The lowest BCUT2D eigenvalue weighted by Crippen LogP contribution is -2.32. The Kier molecular flexibility index (Phi) is 9.97. The Bertz CT molecular complexity index is 5290. The lowest BCUT2D eigenvalue weighted by atomic mass is 9.78. The van der Waals surface area contributed by atoms with Gasteiger partial charge in [0.05, 0.1) is 40.3 Å². The van der Waals surface area contributed by atoms with Crippen molar-refractivity contribution in [2.24, 2.45) is 0 Å². The number of nitrogens with zero attached hydrogens (tertiary/aromatic N) is 4. The summed E-state index contributed by atoms with van der Waals surface area (Å²) < 4.78 is 113. The number of ether oxygens (including phenoxy) is 1. The first kappa shape index (κ1) is 42.3. The summed E-state index contributed by atoms with van der Waals surface area (Å²) in [4.78, 5) is 4.92. The molecule has 0 atom stereocenters. The first-order valence-electron chi connectivity index (χ1n) is 34.4. The van der Waals surface area contributed by atoms with Gasteiger partial charge < -0.3 is 4.74 Å². The second kappa shape index (κ2) is 20.1. The Balaban J connectivity index is 1.10. The topological polar surface area (TPSA) is 35.9 Å². The van der Waals surface area contributed by atoms with Crippen LogP contribution >= 0.6 is 0 Å². The van der Waals surface area contributed by atoms with E-state index in [2.05, 4.69) is 140 Å². The summed E-state index contributed by atoms with van der Waals surface area (Å²) in [6.45, 7) is 14.2. The molecule has 0 N–H and O–H groups in total. The zero-order chi connectivity index (χ0) is 68.0. The molecule has 13 aromatic rings. The molecule has 14 rings (SSSR count).